The van der Waals surface area contributed by atoms with Crippen LogP contribution in [0.1, 0.15) is 25.2 Å². The summed E-state index contributed by atoms with van der Waals surface area (Å²) in [6, 6.07) is 8.18. The normalized spacial score (nSPS) is 11.3. The first-order valence-corrected chi connectivity index (χ1v) is 9.50. The Bertz CT molecular complexity index is 895. The zero-order chi connectivity index (χ0) is 19.2. The van der Waals surface area contributed by atoms with E-state index < -0.39 is 10.0 Å². The van der Waals surface area contributed by atoms with E-state index in [-0.39, 0.29) is 29.7 Å². The number of rotatable bonds is 8. The third kappa shape index (κ3) is 4.65. The molecule has 0 unspecified atom stereocenters. The minimum atomic E-state index is -3.49. The monoisotopic (exact) mass is 376 g/mol. The van der Waals surface area contributed by atoms with Crippen LogP contribution in [-0.2, 0) is 27.9 Å². The van der Waals surface area contributed by atoms with Gasteiger partial charge in [0.25, 0.3) is 5.82 Å². The lowest BCUT2D eigenvalue weighted by Crippen LogP contribution is -2.30. The summed E-state index contributed by atoms with van der Waals surface area (Å²) in [5, 5.41) is 15.2. The summed E-state index contributed by atoms with van der Waals surface area (Å²) < 4.78 is 27.5. The number of carbonyl (C=O) groups is 1. The fourth-order valence-electron chi connectivity index (χ4n) is 2.32. The molecule has 0 atom stereocenters. The number of amides is 1. The molecule has 10 heteroatoms. The predicted octanol–water partition coefficient (Wildman–Crippen LogP) is 0.497. The fraction of sp³-hybridized carbons (Fsp3) is 0.375. The summed E-state index contributed by atoms with van der Waals surface area (Å²) in [4.78, 5) is 15.8. The molecule has 0 spiro atoms. The van der Waals surface area contributed by atoms with Crippen LogP contribution in [0.4, 0.5) is 0 Å². The molecule has 26 heavy (non-hydrogen) atoms. The Morgan fingerprint density at radius 2 is 1.92 bits per heavy atom. The number of sulfonamides is 1. The van der Waals surface area contributed by atoms with Crippen LogP contribution in [0.15, 0.2) is 35.5 Å². The van der Waals surface area contributed by atoms with Crippen LogP contribution in [0.2, 0.25) is 0 Å². The second-order valence-corrected chi connectivity index (χ2v) is 7.33. The number of nitrogens with one attached hydrogen (secondary N) is 1. The molecule has 1 heterocycles. The van der Waals surface area contributed by atoms with Gasteiger partial charge in [0.1, 0.15) is 18.9 Å². The quantitative estimate of drug-likeness (QED) is 0.716. The van der Waals surface area contributed by atoms with E-state index in [1.54, 1.807) is 32.0 Å². The molecule has 2 aromatic rings. The number of nitrogens with zero attached hydrogens (tertiary/aromatic N) is 5. The van der Waals surface area contributed by atoms with Gasteiger partial charge in [0.15, 0.2) is 0 Å². The van der Waals surface area contributed by atoms with Crippen molar-refractivity contribution in [2.24, 2.45) is 0 Å². The van der Waals surface area contributed by atoms with Crippen molar-refractivity contribution in [2.75, 3.05) is 13.1 Å². The van der Waals surface area contributed by atoms with Crippen molar-refractivity contribution in [1.82, 2.24) is 24.4 Å². The zero-order valence-corrected chi connectivity index (χ0v) is 15.4. The minimum absolute atomic E-state index is 0.00259. The van der Waals surface area contributed by atoms with E-state index in [1.807, 2.05) is 0 Å². The number of benzene rings is 1. The molecule has 1 amide bonds. The first-order valence-electron chi connectivity index (χ1n) is 8.06. The molecule has 9 nitrogen and oxygen atoms in total. The topological polar surface area (TPSA) is 121 Å². The van der Waals surface area contributed by atoms with E-state index >= 15 is 0 Å². The molecule has 0 aliphatic rings. The molecule has 0 aliphatic carbocycles. The Morgan fingerprint density at radius 3 is 2.46 bits per heavy atom. The van der Waals surface area contributed by atoms with Crippen LogP contribution < -0.4 is 5.32 Å². The van der Waals surface area contributed by atoms with Gasteiger partial charge < -0.3 is 5.32 Å². The van der Waals surface area contributed by atoms with Gasteiger partial charge >= 0.3 is 0 Å². The summed E-state index contributed by atoms with van der Waals surface area (Å²) in [7, 11) is -3.49. The number of hydrogen-bond acceptors (Lipinski definition) is 6. The predicted molar refractivity (Wildman–Crippen MR) is 93.1 cm³/mol. The molecule has 1 aromatic heterocycles. The van der Waals surface area contributed by atoms with Gasteiger partial charge in [0, 0.05) is 19.6 Å². The van der Waals surface area contributed by atoms with Crippen LogP contribution >= 0.6 is 0 Å². The van der Waals surface area contributed by atoms with E-state index in [9.17, 15) is 13.2 Å². The zero-order valence-electron chi connectivity index (χ0n) is 14.6. The van der Waals surface area contributed by atoms with Gasteiger partial charge in [-0.25, -0.2) is 18.1 Å². The Morgan fingerprint density at radius 1 is 1.27 bits per heavy atom. The van der Waals surface area contributed by atoms with Crippen molar-refractivity contribution in [3.8, 4) is 6.07 Å². The van der Waals surface area contributed by atoms with Gasteiger partial charge in [-0.05, 0) is 17.7 Å². The van der Waals surface area contributed by atoms with E-state index in [2.05, 4.69) is 15.4 Å². The highest BCUT2D eigenvalue weighted by Crippen LogP contribution is 2.16. The van der Waals surface area contributed by atoms with Crippen LogP contribution in [0.25, 0.3) is 0 Å². The fourth-order valence-corrected chi connectivity index (χ4v) is 3.78. The van der Waals surface area contributed by atoms with Crippen molar-refractivity contribution >= 4 is 15.9 Å². The third-order valence-electron chi connectivity index (χ3n) is 3.70. The number of carbonyl (C=O) groups excluding carboxylic acids is 1. The van der Waals surface area contributed by atoms with Crippen molar-refractivity contribution in [3.63, 3.8) is 0 Å². The van der Waals surface area contributed by atoms with Crippen molar-refractivity contribution in [3.05, 3.63) is 42.0 Å². The molecule has 2 rings (SSSR count). The summed E-state index contributed by atoms with van der Waals surface area (Å²) in [5.41, 5.74) is 0.771. The van der Waals surface area contributed by atoms with Crippen LogP contribution in [0, 0.1) is 11.3 Å². The molecular weight excluding hydrogens is 356 g/mol. The summed E-state index contributed by atoms with van der Waals surface area (Å²) in [6.45, 7) is 4.60. The van der Waals surface area contributed by atoms with E-state index in [4.69, 9.17) is 5.26 Å². The molecular formula is C16H20N6O3S. The molecule has 1 aromatic carbocycles. The highest BCUT2D eigenvalue weighted by molar-refractivity contribution is 7.89. The maximum absolute atomic E-state index is 12.4. The van der Waals surface area contributed by atoms with Gasteiger partial charge in [0.2, 0.25) is 15.9 Å². The molecule has 0 aliphatic heterocycles. The van der Waals surface area contributed by atoms with Gasteiger partial charge in [-0.15, -0.1) is 5.10 Å². The second-order valence-electron chi connectivity index (χ2n) is 5.39. The molecule has 0 saturated carbocycles. The standard InChI is InChI=1S/C16H20N6O3S/c1-3-22(4-2)26(24,25)14-7-5-13(6-8-14)10-18-16(23)11-21-12-19-15(9-17)20-21/h5-8,12H,3-4,10-11H2,1-2H3,(H,18,23). The van der Waals surface area contributed by atoms with Gasteiger partial charge in [0.05, 0.1) is 4.90 Å². The molecule has 0 fully saturated rings. The SMILES string of the molecule is CCN(CC)S(=O)(=O)c1ccc(CNC(=O)Cn2cnc(C#N)n2)cc1. The van der Waals surface area contributed by atoms with Gasteiger partial charge in [-0.1, -0.05) is 26.0 Å². The Labute approximate surface area is 152 Å². The average molecular weight is 376 g/mol. The largest absolute Gasteiger partial charge is 0.350 e. The van der Waals surface area contributed by atoms with E-state index in [0.29, 0.717) is 13.1 Å². The van der Waals surface area contributed by atoms with Gasteiger partial charge in [-0.3, -0.25) is 4.79 Å². The van der Waals surface area contributed by atoms with Gasteiger partial charge in [-0.2, -0.15) is 9.57 Å². The van der Waals surface area contributed by atoms with Crippen LogP contribution in [0.3, 0.4) is 0 Å². The van der Waals surface area contributed by atoms with E-state index in [1.165, 1.54) is 27.4 Å². The Kier molecular flexibility index (Phi) is 6.43. The molecule has 0 saturated heterocycles. The van der Waals surface area contributed by atoms with Crippen LogP contribution in [0.5, 0.6) is 0 Å². The molecule has 0 radical (unpaired) electrons. The van der Waals surface area contributed by atoms with E-state index in [0.717, 1.165) is 5.56 Å². The lowest BCUT2D eigenvalue weighted by molar-refractivity contribution is -0.122. The lowest BCUT2D eigenvalue weighted by atomic mass is 10.2. The van der Waals surface area contributed by atoms with Crippen LogP contribution in [-0.4, -0.2) is 46.5 Å². The van der Waals surface area contributed by atoms with Crippen molar-refractivity contribution in [2.45, 2.75) is 31.8 Å². The molecule has 1 N–H and O–H groups in total. The smallest absolute Gasteiger partial charge is 0.252 e. The lowest BCUT2D eigenvalue weighted by Gasteiger charge is -2.18. The molecule has 0 bridgehead atoms. The minimum Gasteiger partial charge on any atom is -0.350 e. The summed E-state index contributed by atoms with van der Waals surface area (Å²) in [6.07, 6.45) is 1.31. The number of hydrogen-bond donors (Lipinski definition) is 1. The third-order valence-corrected chi connectivity index (χ3v) is 5.76. The van der Waals surface area contributed by atoms with Crippen molar-refractivity contribution < 1.29 is 13.2 Å². The average Bonchev–Trinajstić information content (AvgIpc) is 3.08. The summed E-state index contributed by atoms with van der Waals surface area (Å²) in [5.74, 6) is -0.290. The first-order chi connectivity index (χ1) is 12.4. The second kappa shape index (κ2) is 8.55. The molecule has 138 valence electrons. The summed E-state index contributed by atoms with van der Waals surface area (Å²) >= 11 is 0. The number of aromatic nitrogens is 3. The Hall–Kier alpha value is -2.77. The Balaban J connectivity index is 1.95. The number of nitriles is 1. The van der Waals surface area contributed by atoms with Crippen molar-refractivity contribution in [1.29, 1.82) is 5.26 Å². The highest BCUT2D eigenvalue weighted by atomic mass is 32.2. The maximum Gasteiger partial charge on any atom is 0.252 e. The highest BCUT2D eigenvalue weighted by Gasteiger charge is 2.21. The first kappa shape index (κ1) is 19.6. The maximum atomic E-state index is 12.4.